The van der Waals surface area contributed by atoms with Crippen molar-refractivity contribution in [1.29, 1.82) is 0 Å². The molecule has 2 heterocycles. The molecule has 2 aromatic carbocycles. The normalized spacial score (nSPS) is 21.0. The van der Waals surface area contributed by atoms with Gasteiger partial charge in [0.1, 0.15) is 12.6 Å². The minimum atomic E-state index is -0.648. The summed E-state index contributed by atoms with van der Waals surface area (Å²) in [6, 6.07) is 14.3. The van der Waals surface area contributed by atoms with Crippen molar-refractivity contribution < 1.29 is 19.1 Å². The van der Waals surface area contributed by atoms with Gasteiger partial charge in [0.15, 0.2) is 17.6 Å². The third-order valence-electron chi connectivity index (χ3n) is 4.35. The Morgan fingerprint density at radius 1 is 1.16 bits per heavy atom. The minimum absolute atomic E-state index is 0.154. The number of benzene rings is 2. The zero-order valence-corrected chi connectivity index (χ0v) is 13.8. The number of hydrogen-bond acceptors (Lipinski definition) is 4. The number of nitrogens with zero attached hydrogens (tertiary/aromatic N) is 1. The van der Waals surface area contributed by atoms with Gasteiger partial charge in [0.25, 0.3) is 5.91 Å². The van der Waals surface area contributed by atoms with Crippen molar-refractivity contribution >= 4 is 17.5 Å². The topological polar surface area (TPSA) is 67.9 Å². The van der Waals surface area contributed by atoms with Crippen LogP contribution in [0.5, 0.6) is 11.5 Å². The summed E-state index contributed by atoms with van der Waals surface area (Å²) in [4.78, 5) is 26.0. The first-order chi connectivity index (χ1) is 12.1. The quantitative estimate of drug-likeness (QED) is 0.930. The van der Waals surface area contributed by atoms with E-state index in [0.717, 1.165) is 11.3 Å². The van der Waals surface area contributed by atoms with Crippen LogP contribution in [0.15, 0.2) is 48.5 Å². The van der Waals surface area contributed by atoms with E-state index in [-0.39, 0.29) is 17.9 Å². The predicted octanol–water partition coefficient (Wildman–Crippen LogP) is 2.05. The largest absolute Gasteiger partial charge is 0.486 e. The van der Waals surface area contributed by atoms with Gasteiger partial charge in [-0.1, -0.05) is 30.3 Å². The van der Waals surface area contributed by atoms with Crippen LogP contribution in [0.3, 0.4) is 0 Å². The van der Waals surface area contributed by atoms with Crippen molar-refractivity contribution in [3.63, 3.8) is 0 Å². The first-order valence-electron chi connectivity index (χ1n) is 8.19. The van der Waals surface area contributed by atoms with Crippen LogP contribution in [-0.2, 0) is 9.59 Å². The number of hydrogen-bond donors (Lipinski definition) is 1. The highest BCUT2D eigenvalue weighted by Crippen LogP contribution is 2.37. The highest BCUT2D eigenvalue weighted by molar-refractivity contribution is 6.06. The van der Waals surface area contributed by atoms with E-state index in [0.29, 0.717) is 24.7 Å². The Labute approximate surface area is 145 Å². The number of nitrogens with one attached hydrogen (secondary N) is 1. The molecule has 0 aromatic heterocycles. The van der Waals surface area contributed by atoms with E-state index in [1.807, 2.05) is 48.5 Å². The molecule has 2 unspecified atom stereocenters. The van der Waals surface area contributed by atoms with Gasteiger partial charge in [0.05, 0.1) is 6.54 Å². The molecular formula is C19H18N2O4. The van der Waals surface area contributed by atoms with Crippen LogP contribution in [0.2, 0.25) is 0 Å². The molecule has 0 radical (unpaired) electrons. The average Bonchev–Trinajstić information content (AvgIpc) is 2.87. The van der Waals surface area contributed by atoms with E-state index < -0.39 is 6.04 Å². The maximum Gasteiger partial charge on any atom is 0.254 e. The van der Waals surface area contributed by atoms with Crippen LogP contribution in [0.25, 0.3) is 0 Å². The van der Waals surface area contributed by atoms with Gasteiger partial charge in [0.2, 0.25) is 5.91 Å². The molecular weight excluding hydrogens is 320 g/mol. The van der Waals surface area contributed by atoms with Gasteiger partial charge in [-0.25, -0.2) is 0 Å². The molecule has 0 fully saturated rings. The van der Waals surface area contributed by atoms with Crippen molar-refractivity contribution in [2.75, 3.05) is 18.1 Å². The molecule has 6 nitrogen and oxygen atoms in total. The van der Waals surface area contributed by atoms with Gasteiger partial charge in [-0.3, -0.25) is 9.59 Å². The van der Waals surface area contributed by atoms with E-state index in [4.69, 9.17) is 9.47 Å². The highest BCUT2D eigenvalue weighted by atomic mass is 16.6. The maximum atomic E-state index is 12.8. The summed E-state index contributed by atoms with van der Waals surface area (Å²) in [5.74, 6) is 1.00. The van der Waals surface area contributed by atoms with E-state index >= 15 is 0 Å². The standard InChI is InChI=1S/C19H18N2O4/c1-12(22)20-18-14-6-2-3-7-15(14)21(19(18)23)10-13-11-24-16-8-4-5-9-17(16)25-13/h2-9,13,18H,10-11H2,1H3,(H,20,22). The first kappa shape index (κ1) is 15.5. The average molecular weight is 338 g/mol. The lowest BCUT2D eigenvalue weighted by Gasteiger charge is -2.30. The van der Waals surface area contributed by atoms with E-state index in [2.05, 4.69) is 5.32 Å². The lowest BCUT2D eigenvalue weighted by atomic mass is 10.1. The fourth-order valence-corrected chi connectivity index (χ4v) is 3.27. The highest BCUT2D eigenvalue weighted by Gasteiger charge is 2.39. The second kappa shape index (κ2) is 6.12. The molecule has 0 spiro atoms. The Morgan fingerprint density at radius 2 is 1.88 bits per heavy atom. The molecule has 0 aliphatic carbocycles. The molecule has 25 heavy (non-hydrogen) atoms. The molecule has 2 aliphatic rings. The molecule has 0 bridgehead atoms. The van der Waals surface area contributed by atoms with Crippen molar-refractivity contribution in [2.24, 2.45) is 0 Å². The fraction of sp³-hybridized carbons (Fsp3) is 0.263. The van der Waals surface area contributed by atoms with Crippen molar-refractivity contribution in [1.82, 2.24) is 5.32 Å². The minimum Gasteiger partial charge on any atom is -0.486 e. The van der Waals surface area contributed by atoms with Crippen LogP contribution in [0, 0.1) is 0 Å². The van der Waals surface area contributed by atoms with E-state index in [9.17, 15) is 9.59 Å². The Bertz CT molecular complexity index is 836. The molecule has 0 saturated carbocycles. The second-order valence-corrected chi connectivity index (χ2v) is 6.14. The smallest absolute Gasteiger partial charge is 0.254 e. The monoisotopic (exact) mass is 338 g/mol. The third-order valence-corrected chi connectivity index (χ3v) is 4.35. The molecule has 4 rings (SSSR count). The lowest BCUT2D eigenvalue weighted by molar-refractivity contribution is -0.126. The SMILES string of the molecule is CC(=O)NC1C(=O)N(CC2COc3ccccc3O2)c2ccccc21. The molecule has 1 N–H and O–H groups in total. The van der Waals surface area contributed by atoms with Crippen molar-refractivity contribution in [3.05, 3.63) is 54.1 Å². The molecule has 128 valence electrons. The van der Waals surface area contributed by atoms with Crippen LogP contribution >= 0.6 is 0 Å². The summed E-state index contributed by atoms with van der Waals surface area (Å²) in [5, 5.41) is 2.73. The van der Waals surface area contributed by atoms with Gasteiger partial charge in [-0.15, -0.1) is 0 Å². The molecule has 2 aliphatic heterocycles. The summed E-state index contributed by atoms with van der Waals surface area (Å²) in [6.07, 6.45) is -0.275. The number of amides is 2. The van der Waals surface area contributed by atoms with Gasteiger partial charge < -0.3 is 19.7 Å². The fourth-order valence-electron chi connectivity index (χ4n) is 3.27. The van der Waals surface area contributed by atoms with Gasteiger partial charge in [-0.05, 0) is 18.2 Å². The van der Waals surface area contributed by atoms with Crippen LogP contribution in [0.4, 0.5) is 5.69 Å². The summed E-state index contributed by atoms with van der Waals surface area (Å²) >= 11 is 0. The van der Waals surface area contributed by atoms with Gasteiger partial charge in [0, 0.05) is 18.2 Å². The Morgan fingerprint density at radius 3 is 2.68 bits per heavy atom. The molecule has 2 amide bonds. The van der Waals surface area contributed by atoms with E-state index in [1.54, 1.807) is 4.90 Å². The Hall–Kier alpha value is -3.02. The number of rotatable bonds is 3. The summed E-state index contributed by atoms with van der Waals surface area (Å²) < 4.78 is 11.7. The summed E-state index contributed by atoms with van der Waals surface area (Å²) in [7, 11) is 0. The Kier molecular flexibility index (Phi) is 3.80. The van der Waals surface area contributed by atoms with Crippen LogP contribution < -0.4 is 19.7 Å². The number of anilines is 1. The third kappa shape index (κ3) is 2.80. The number of fused-ring (bicyclic) bond motifs is 2. The van der Waals surface area contributed by atoms with Crippen LogP contribution in [0.1, 0.15) is 18.5 Å². The number of para-hydroxylation sites is 3. The summed E-state index contributed by atoms with van der Waals surface area (Å²) in [6.45, 7) is 2.14. The number of carbonyl (C=O) groups excluding carboxylic acids is 2. The molecule has 0 saturated heterocycles. The zero-order chi connectivity index (χ0) is 17.4. The maximum absolute atomic E-state index is 12.8. The van der Waals surface area contributed by atoms with E-state index in [1.165, 1.54) is 6.92 Å². The molecule has 6 heteroatoms. The lowest BCUT2D eigenvalue weighted by Crippen LogP contribution is -2.44. The Balaban J connectivity index is 1.57. The van der Waals surface area contributed by atoms with Crippen molar-refractivity contribution in [3.8, 4) is 11.5 Å². The number of carbonyl (C=O) groups is 2. The van der Waals surface area contributed by atoms with Crippen molar-refractivity contribution in [2.45, 2.75) is 19.1 Å². The van der Waals surface area contributed by atoms with Gasteiger partial charge in [-0.2, -0.15) is 0 Å². The zero-order valence-electron chi connectivity index (χ0n) is 13.8. The van der Waals surface area contributed by atoms with Gasteiger partial charge >= 0.3 is 0 Å². The molecule has 2 aromatic rings. The van der Waals surface area contributed by atoms with Crippen LogP contribution in [-0.4, -0.2) is 31.1 Å². The summed E-state index contributed by atoms with van der Waals surface area (Å²) in [5.41, 5.74) is 1.61. The predicted molar refractivity (Wildman–Crippen MR) is 91.7 cm³/mol. The number of ether oxygens (including phenoxy) is 2. The first-order valence-corrected chi connectivity index (χ1v) is 8.19. The molecule has 2 atom stereocenters. The second-order valence-electron chi connectivity index (χ2n) is 6.14.